The SMILES string of the molecule is CC(=O)c1ccccc1NC(=O)[C@@H](C)N1C[C@@H](C)O[C@@H](C)C1. The van der Waals surface area contributed by atoms with Gasteiger partial charge in [0.25, 0.3) is 0 Å². The highest BCUT2D eigenvalue weighted by atomic mass is 16.5. The minimum absolute atomic E-state index is 0.0582. The molecule has 1 aromatic rings. The molecule has 1 aliphatic heterocycles. The third-order valence-electron chi connectivity index (χ3n) is 3.94. The number of hydrogen-bond donors (Lipinski definition) is 1. The van der Waals surface area contributed by atoms with Gasteiger partial charge in [0, 0.05) is 18.7 Å². The molecule has 22 heavy (non-hydrogen) atoms. The molecule has 1 heterocycles. The van der Waals surface area contributed by atoms with Crippen molar-refractivity contribution in [1.82, 2.24) is 4.90 Å². The number of para-hydroxylation sites is 1. The summed E-state index contributed by atoms with van der Waals surface area (Å²) in [5, 5.41) is 2.88. The van der Waals surface area contributed by atoms with Gasteiger partial charge in [0.15, 0.2) is 5.78 Å². The van der Waals surface area contributed by atoms with Crippen molar-refractivity contribution in [1.29, 1.82) is 0 Å². The first-order valence-corrected chi connectivity index (χ1v) is 7.68. The number of amides is 1. The largest absolute Gasteiger partial charge is 0.373 e. The van der Waals surface area contributed by atoms with Crippen molar-refractivity contribution < 1.29 is 14.3 Å². The average Bonchev–Trinajstić information content (AvgIpc) is 2.45. The van der Waals surface area contributed by atoms with Gasteiger partial charge >= 0.3 is 0 Å². The van der Waals surface area contributed by atoms with E-state index in [4.69, 9.17) is 4.74 Å². The summed E-state index contributed by atoms with van der Waals surface area (Å²) in [5.41, 5.74) is 1.10. The number of ketones is 1. The third-order valence-corrected chi connectivity index (χ3v) is 3.94. The van der Waals surface area contributed by atoms with Crippen molar-refractivity contribution in [3.63, 3.8) is 0 Å². The summed E-state index contributed by atoms with van der Waals surface area (Å²) in [7, 11) is 0. The maximum Gasteiger partial charge on any atom is 0.241 e. The number of ether oxygens (including phenoxy) is 1. The van der Waals surface area contributed by atoms with E-state index >= 15 is 0 Å². The third kappa shape index (κ3) is 3.93. The zero-order chi connectivity index (χ0) is 16.3. The van der Waals surface area contributed by atoms with Gasteiger partial charge in [-0.15, -0.1) is 0 Å². The van der Waals surface area contributed by atoms with Crippen LogP contribution in [0.4, 0.5) is 5.69 Å². The number of rotatable bonds is 4. The predicted molar refractivity (Wildman–Crippen MR) is 86.1 cm³/mol. The number of anilines is 1. The van der Waals surface area contributed by atoms with Crippen molar-refractivity contribution in [3.8, 4) is 0 Å². The fourth-order valence-corrected chi connectivity index (χ4v) is 2.84. The predicted octanol–water partition coefficient (Wildman–Crippen LogP) is 2.33. The van der Waals surface area contributed by atoms with Crippen LogP contribution in [0.1, 0.15) is 38.1 Å². The number of carbonyl (C=O) groups is 2. The van der Waals surface area contributed by atoms with Crippen molar-refractivity contribution in [3.05, 3.63) is 29.8 Å². The molecule has 1 aromatic carbocycles. The summed E-state index contributed by atoms with van der Waals surface area (Å²) >= 11 is 0. The highest BCUT2D eigenvalue weighted by Crippen LogP contribution is 2.18. The molecule has 120 valence electrons. The summed E-state index contributed by atoms with van der Waals surface area (Å²) < 4.78 is 5.70. The Morgan fingerprint density at radius 3 is 2.41 bits per heavy atom. The molecule has 0 bridgehead atoms. The van der Waals surface area contributed by atoms with E-state index in [0.717, 1.165) is 13.1 Å². The molecular weight excluding hydrogens is 280 g/mol. The number of hydrogen-bond acceptors (Lipinski definition) is 4. The maximum atomic E-state index is 12.5. The van der Waals surface area contributed by atoms with Crippen molar-refractivity contribution in [2.24, 2.45) is 0 Å². The van der Waals surface area contributed by atoms with E-state index in [9.17, 15) is 9.59 Å². The van der Waals surface area contributed by atoms with E-state index in [1.807, 2.05) is 26.8 Å². The summed E-state index contributed by atoms with van der Waals surface area (Å²) in [4.78, 5) is 26.2. The van der Waals surface area contributed by atoms with Gasteiger partial charge in [0.2, 0.25) is 5.91 Å². The Bertz CT molecular complexity index is 549. The topological polar surface area (TPSA) is 58.6 Å². The highest BCUT2D eigenvalue weighted by molar-refractivity contribution is 6.04. The zero-order valence-corrected chi connectivity index (χ0v) is 13.6. The fraction of sp³-hybridized carbons (Fsp3) is 0.529. The van der Waals surface area contributed by atoms with E-state index in [2.05, 4.69) is 10.2 Å². The molecule has 3 atom stereocenters. The zero-order valence-electron chi connectivity index (χ0n) is 13.6. The van der Waals surface area contributed by atoms with Crippen LogP contribution in [0.15, 0.2) is 24.3 Å². The lowest BCUT2D eigenvalue weighted by Crippen LogP contribution is -2.52. The summed E-state index contributed by atoms with van der Waals surface area (Å²) in [6.07, 6.45) is 0.229. The van der Waals surface area contributed by atoms with Gasteiger partial charge in [-0.05, 0) is 39.8 Å². The van der Waals surface area contributed by atoms with Crippen LogP contribution < -0.4 is 5.32 Å². The second-order valence-electron chi connectivity index (χ2n) is 5.98. The van der Waals surface area contributed by atoms with E-state index in [-0.39, 0.29) is 29.9 Å². The molecule has 1 amide bonds. The summed E-state index contributed by atoms with van der Waals surface area (Å²) in [5.74, 6) is -0.160. The van der Waals surface area contributed by atoms with Gasteiger partial charge in [-0.25, -0.2) is 0 Å². The van der Waals surface area contributed by atoms with Crippen molar-refractivity contribution >= 4 is 17.4 Å². The van der Waals surface area contributed by atoms with Gasteiger partial charge in [-0.1, -0.05) is 12.1 Å². The lowest BCUT2D eigenvalue weighted by Gasteiger charge is -2.38. The molecular formula is C17H24N2O3. The number of Topliss-reactive ketones (excluding diaryl/α,β-unsaturated/α-hetero) is 1. The van der Waals surface area contributed by atoms with Gasteiger partial charge in [-0.2, -0.15) is 0 Å². The van der Waals surface area contributed by atoms with Crippen LogP contribution in [-0.2, 0) is 9.53 Å². The number of nitrogens with one attached hydrogen (secondary N) is 1. The normalized spacial score (nSPS) is 23.8. The highest BCUT2D eigenvalue weighted by Gasteiger charge is 2.29. The molecule has 1 saturated heterocycles. The first kappa shape index (κ1) is 16.6. The standard InChI is InChI=1S/C17H24N2O3/c1-11-9-19(10-12(2)22-11)13(3)17(21)18-16-8-6-5-7-15(16)14(4)20/h5-8,11-13H,9-10H2,1-4H3,(H,18,21)/t11-,12+,13-/m1/s1. The monoisotopic (exact) mass is 304 g/mol. The molecule has 0 unspecified atom stereocenters. The average molecular weight is 304 g/mol. The Labute approximate surface area is 131 Å². The minimum atomic E-state index is -0.270. The van der Waals surface area contributed by atoms with Crippen molar-refractivity contribution in [2.75, 3.05) is 18.4 Å². The smallest absolute Gasteiger partial charge is 0.241 e. The van der Waals surface area contributed by atoms with Gasteiger partial charge in [0.05, 0.1) is 23.9 Å². The molecule has 0 radical (unpaired) electrons. The Morgan fingerprint density at radius 1 is 1.23 bits per heavy atom. The number of carbonyl (C=O) groups excluding carboxylic acids is 2. The van der Waals surface area contributed by atoms with Gasteiger partial charge < -0.3 is 10.1 Å². The van der Waals surface area contributed by atoms with Gasteiger partial charge in [0.1, 0.15) is 0 Å². The Hall–Kier alpha value is -1.72. The molecule has 1 aliphatic rings. The molecule has 2 rings (SSSR count). The van der Waals surface area contributed by atoms with Crippen LogP contribution in [0.3, 0.4) is 0 Å². The molecule has 1 fully saturated rings. The first-order chi connectivity index (χ1) is 10.4. The second kappa shape index (κ2) is 7.03. The molecule has 1 N–H and O–H groups in total. The number of benzene rings is 1. The van der Waals surface area contributed by atoms with Crippen LogP contribution in [0, 0.1) is 0 Å². The fourth-order valence-electron chi connectivity index (χ4n) is 2.84. The Balaban J connectivity index is 2.07. The maximum absolute atomic E-state index is 12.5. The van der Waals surface area contributed by atoms with E-state index in [1.54, 1.807) is 18.2 Å². The molecule has 5 nitrogen and oxygen atoms in total. The first-order valence-electron chi connectivity index (χ1n) is 7.68. The lowest BCUT2D eigenvalue weighted by molar-refractivity contribution is -0.126. The van der Waals surface area contributed by atoms with E-state index in [1.165, 1.54) is 6.92 Å². The molecule has 5 heteroatoms. The molecule has 0 saturated carbocycles. The summed E-state index contributed by atoms with van der Waals surface area (Å²) in [6, 6.07) is 6.81. The molecule has 0 aliphatic carbocycles. The van der Waals surface area contributed by atoms with Gasteiger partial charge in [-0.3, -0.25) is 14.5 Å². The van der Waals surface area contributed by atoms with Crippen LogP contribution in [-0.4, -0.2) is 47.9 Å². The van der Waals surface area contributed by atoms with Crippen LogP contribution in [0.2, 0.25) is 0 Å². The summed E-state index contributed by atoms with van der Waals surface area (Å²) in [6.45, 7) is 8.87. The minimum Gasteiger partial charge on any atom is -0.373 e. The Kier molecular flexibility index (Phi) is 5.32. The quantitative estimate of drug-likeness (QED) is 0.867. The van der Waals surface area contributed by atoms with Crippen molar-refractivity contribution in [2.45, 2.75) is 45.9 Å². The molecule has 0 spiro atoms. The number of nitrogens with zero attached hydrogens (tertiary/aromatic N) is 1. The second-order valence-corrected chi connectivity index (χ2v) is 5.98. The number of morpholine rings is 1. The Morgan fingerprint density at radius 2 is 1.82 bits per heavy atom. The lowest BCUT2D eigenvalue weighted by atomic mass is 10.1. The van der Waals surface area contributed by atoms with Crippen LogP contribution >= 0.6 is 0 Å². The van der Waals surface area contributed by atoms with Crippen LogP contribution in [0.5, 0.6) is 0 Å². The van der Waals surface area contributed by atoms with E-state index < -0.39 is 0 Å². The molecule has 0 aromatic heterocycles. The van der Waals surface area contributed by atoms with Crippen LogP contribution in [0.25, 0.3) is 0 Å². The van der Waals surface area contributed by atoms with E-state index in [0.29, 0.717) is 11.3 Å².